The van der Waals surface area contributed by atoms with E-state index in [1.54, 1.807) is 18.2 Å². The molecule has 0 spiro atoms. The number of benzene rings is 2. The molecule has 0 bridgehead atoms. The van der Waals surface area contributed by atoms with Crippen LogP contribution < -0.4 is 5.43 Å². The van der Waals surface area contributed by atoms with Gasteiger partial charge in [-0.25, -0.2) is 5.43 Å². The summed E-state index contributed by atoms with van der Waals surface area (Å²) in [7, 11) is 0. The van der Waals surface area contributed by atoms with Crippen LogP contribution in [-0.4, -0.2) is 22.2 Å². The highest BCUT2D eigenvalue weighted by Crippen LogP contribution is 2.32. The van der Waals surface area contributed by atoms with E-state index in [1.807, 2.05) is 0 Å². The highest BCUT2D eigenvalue weighted by atomic mass is 79.9. The molecule has 0 aliphatic heterocycles. The topological polar surface area (TPSA) is 105 Å². The fourth-order valence-electron chi connectivity index (χ4n) is 2.14. The number of phenols is 1. The first kappa shape index (κ1) is 18.3. The average molecular weight is 455 g/mol. The van der Waals surface area contributed by atoms with Gasteiger partial charge in [-0.1, -0.05) is 11.6 Å². The summed E-state index contributed by atoms with van der Waals surface area (Å²) in [5.74, 6) is -0.513. The molecule has 1 heterocycles. The van der Waals surface area contributed by atoms with Crippen molar-refractivity contribution in [3.63, 3.8) is 0 Å². The first-order valence-electron chi connectivity index (χ1n) is 7.04. The van der Waals surface area contributed by atoms with E-state index in [-0.39, 0.29) is 16.5 Å². The molecule has 0 aliphatic carbocycles. The number of rotatable bonds is 4. The second-order valence-electron chi connectivity index (χ2n) is 5.12. The summed E-state index contributed by atoms with van der Waals surface area (Å²) in [6.07, 6.45) is 1.38. The summed E-state index contributed by atoms with van der Waals surface area (Å²) in [6, 6.07) is 9.08. The van der Waals surface area contributed by atoms with Gasteiger partial charge in [-0.05, 0) is 45.8 Å². The van der Waals surface area contributed by atoms with Gasteiger partial charge in [-0.2, -0.15) is 5.10 Å². The number of amides is 1. The fourth-order valence-corrected chi connectivity index (χ4v) is 3.89. The Morgan fingerprint density at radius 1 is 1.35 bits per heavy atom. The number of hydrazone groups is 1. The minimum absolute atomic E-state index is 0.0323. The number of non-ortho nitro benzene ring substituents is 1. The Hall–Kier alpha value is -2.49. The Morgan fingerprint density at radius 2 is 2.12 bits per heavy atom. The lowest BCUT2D eigenvalue weighted by molar-refractivity contribution is -0.384. The van der Waals surface area contributed by atoms with Crippen LogP contribution in [0.5, 0.6) is 5.75 Å². The van der Waals surface area contributed by atoms with Crippen LogP contribution in [-0.2, 0) is 0 Å². The van der Waals surface area contributed by atoms with Crippen molar-refractivity contribution < 1.29 is 14.8 Å². The normalized spacial score (nSPS) is 11.2. The Balaban J connectivity index is 1.76. The number of nitro benzene ring substituents is 1. The molecule has 2 N–H and O–H groups in total. The minimum Gasteiger partial charge on any atom is -0.505 e. The second kappa shape index (κ2) is 7.40. The maximum atomic E-state index is 12.2. The minimum atomic E-state index is -0.484. The van der Waals surface area contributed by atoms with Gasteiger partial charge in [0.15, 0.2) is 0 Å². The van der Waals surface area contributed by atoms with E-state index in [9.17, 15) is 20.0 Å². The summed E-state index contributed by atoms with van der Waals surface area (Å²) < 4.78 is 1.17. The average Bonchev–Trinajstić information content (AvgIpc) is 3.02. The lowest BCUT2D eigenvalue weighted by Crippen LogP contribution is -2.16. The van der Waals surface area contributed by atoms with Crippen LogP contribution in [0.3, 0.4) is 0 Å². The number of carbonyl (C=O) groups is 1. The summed E-state index contributed by atoms with van der Waals surface area (Å²) in [6.45, 7) is 0. The number of nitrogens with zero attached hydrogens (tertiary/aromatic N) is 2. The monoisotopic (exact) mass is 453 g/mol. The Morgan fingerprint density at radius 3 is 2.81 bits per heavy atom. The number of aromatic hydroxyl groups is 1. The third-order valence-electron chi connectivity index (χ3n) is 3.35. The van der Waals surface area contributed by atoms with Crippen LogP contribution in [0, 0.1) is 10.1 Å². The Labute approximate surface area is 164 Å². The molecule has 3 aromatic rings. The largest absolute Gasteiger partial charge is 0.505 e. The highest BCUT2D eigenvalue weighted by Gasteiger charge is 2.13. The molecule has 0 aliphatic rings. The van der Waals surface area contributed by atoms with Crippen LogP contribution >= 0.6 is 38.9 Å². The molecule has 132 valence electrons. The molecule has 0 fully saturated rings. The SMILES string of the molecule is O=C(N/N=C\c1cc(Cl)c(O)c(Br)c1)c1cc2cc([N+](=O)[O-])ccc2s1. The second-order valence-corrected chi connectivity index (χ2v) is 7.47. The number of hydrogen-bond acceptors (Lipinski definition) is 6. The zero-order valence-electron chi connectivity index (χ0n) is 12.8. The first-order valence-corrected chi connectivity index (χ1v) is 9.03. The molecule has 1 aromatic heterocycles. The van der Waals surface area contributed by atoms with E-state index in [0.717, 1.165) is 4.70 Å². The van der Waals surface area contributed by atoms with Crippen molar-refractivity contribution in [1.29, 1.82) is 0 Å². The van der Waals surface area contributed by atoms with E-state index < -0.39 is 10.8 Å². The van der Waals surface area contributed by atoms with Gasteiger partial charge in [-0.15, -0.1) is 11.3 Å². The highest BCUT2D eigenvalue weighted by molar-refractivity contribution is 9.10. The molecular formula is C16H9BrClN3O4S. The van der Waals surface area contributed by atoms with E-state index in [1.165, 1.54) is 35.8 Å². The molecule has 0 radical (unpaired) electrons. The van der Waals surface area contributed by atoms with Gasteiger partial charge in [0.2, 0.25) is 0 Å². The standard InChI is InChI=1S/C16H9BrClN3O4S/c17-11-3-8(4-12(18)15(11)22)7-19-20-16(23)14-6-9-5-10(21(24)25)1-2-13(9)26-14/h1-7,22H,(H,20,23)/b19-7-. The van der Waals surface area contributed by atoms with E-state index in [0.29, 0.717) is 20.3 Å². The van der Waals surface area contributed by atoms with Crippen molar-refractivity contribution in [2.45, 2.75) is 0 Å². The van der Waals surface area contributed by atoms with E-state index in [4.69, 9.17) is 11.6 Å². The maximum absolute atomic E-state index is 12.2. The summed E-state index contributed by atoms with van der Waals surface area (Å²) in [5.41, 5.74) is 2.93. The van der Waals surface area contributed by atoms with Crippen molar-refractivity contribution in [3.8, 4) is 5.75 Å². The smallest absolute Gasteiger partial charge is 0.281 e. The predicted molar refractivity (Wildman–Crippen MR) is 104 cm³/mol. The van der Waals surface area contributed by atoms with Crippen molar-refractivity contribution in [1.82, 2.24) is 5.43 Å². The van der Waals surface area contributed by atoms with E-state index in [2.05, 4.69) is 26.5 Å². The quantitative estimate of drug-likeness (QED) is 0.339. The zero-order chi connectivity index (χ0) is 18.8. The molecule has 0 saturated carbocycles. The molecule has 0 saturated heterocycles. The van der Waals surface area contributed by atoms with Gasteiger partial charge in [-0.3, -0.25) is 14.9 Å². The number of nitrogens with one attached hydrogen (secondary N) is 1. The number of carbonyl (C=O) groups excluding carboxylic acids is 1. The number of thiophene rings is 1. The van der Waals surface area contributed by atoms with Crippen LogP contribution in [0.2, 0.25) is 5.02 Å². The molecular weight excluding hydrogens is 446 g/mol. The fraction of sp³-hybridized carbons (Fsp3) is 0. The third kappa shape index (κ3) is 3.85. The third-order valence-corrected chi connectivity index (χ3v) is 5.36. The van der Waals surface area contributed by atoms with Crippen LogP contribution in [0.1, 0.15) is 15.2 Å². The van der Waals surface area contributed by atoms with Crippen LogP contribution in [0.25, 0.3) is 10.1 Å². The molecule has 0 unspecified atom stereocenters. The molecule has 10 heteroatoms. The summed E-state index contributed by atoms with van der Waals surface area (Å²) >= 11 is 10.2. The van der Waals surface area contributed by atoms with E-state index >= 15 is 0 Å². The maximum Gasteiger partial charge on any atom is 0.281 e. The van der Waals surface area contributed by atoms with Crippen molar-refractivity contribution in [2.75, 3.05) is 0 Å². The Bertz CT molecular complexity index is 1040. The molecule has 3 rings (SSSR count). The van der Waals surface area contributed by atoms with Gasteiger partial charge < -0.3 is 5.11 Å². The molecule has 0 atom stereocenters. The van der Waals surface area contributed by atoms with Crippen molar-refractivity contribution in [3.05, 3.63) is 66.4 Å². The molecule has 26 heavy (non-hydrogen) atoms. The molecule has 2 aromatic carbocycles. The van der Waals surface area contributed by atoms with Crippen LogP contribution in [0.15, 0.2) is 46.0 Å². The number of halogens is 2. The van der Waals surface area contributed by atoms with Gasteiger partial charge in [0.05, 0.1) is 25.5 Å². The molecule has 7 nitrogen and oxygen atoms in total. The Kier molecular flexibility index (Phi) is 5.21. The first-order chi connectivity index (χ1) is 12.3. The van der Waals surface area contributed by atoms with Crippen LogP contribution in [0.4, 0.5) is 5.69 Å². The summed E-state index contributed by atoms with van der Waals surface area (Å²) in [4.78, 5) is 22.9. The number of hydrogen-bond donors (Lipinski definition) is 2. The zero-order valence-corrected chi connectivity index (χ0v) is 15.9. The lowest BCUT2D eigenvalue weighted by atomic mass is 10.2. The molecule has 1 amide bonds. The van der Waals surface area contributed by atoms with Gasteiger partial charge in [0.25, 0.3) is 11.6 Å². The van der Waals surface area contributed by atoms with Gasteiger partial charge in [0, 0.05) is 22.2 Å². The lowest BCUT2D eigenvalue weighted by Gasteiger charge is -2.01. The number of phenolic OH excluding ortho intramolecular Hbond substituents is 1. The van der Waals surface area contributed by atoms with Crippen molar-refractivity contribution in [2.24, 2.45) is 5.10 Å². The van der Waals surface area contributed by atoms with Gasteiger partial charge in [0.1, 0.15) is 5.75 Å². The number of nitro groups is 1. The van der Waals surface area contributed by atoms with Gasteiger partial charge >= 0.3 is 0 Å². The number of fused-ring (bicyclic) bond motifs is 1. The predicted octanol–water partition coefficient (Wildman–Crippen LogP) is 4.69. The van der Waals surface area contributed by atoms with Crippen molar-refractivity contribution >= 4 is 66.8 Å². The summed E-state index contributed by atoms with van der Waals surface area (Å²) in [5, 5.41) is 25.0.